The van der Waals surface area contributed by atoms with E-state index in [9.17, 15) is 9.18 Å². The number of benzene rings is 1. The first kappa shape index (κ1) is 14.7. The third-order valence-corrected chi connectivity index (χ3v) is 3.10. The number of para-hydroxylation sites is 1. The lowest BCUT2D eigenvalue weighted by Crippen LogP contribution is -2.37. The Morgan fingerprint density at radius 3 is 2.65 bits per heavy atom. The third-order valence-electron chi connectivity index (χ3n) is 3.10. The van der Waals surface area contributed by atoms with Crippen LogP contribution in [0.5, 0.6) is 0 Å². The highest BCUT2D eigenvalue weighted by Gasteiger charge is 2.34. The predicted molar refractivity (Wildman–Crippen MR) is 75.4 cm³/mol. The van der Waals surface area contributed by atoms with Crippen LogP contribution in [0.25, 0.3) is 11.0 Å². The molecule has 108 valence electrons. The van der Waals surface area contributed by atoms with Crippen LogP contribution in [0.15, 0.2) is 28.7 Å². The minimum atomic E-state index is -0.615. The van der Waals surface area contributed by atoms with Crippen LogP contribution in [0.3, 0.4) is 0 Å². The fraction of sp³-hybridized carbons (Fsp3) is 0.438. The summed E-state index contributed by atoms with van der Waals surface area (Å²) >= 11 is 0. The number of ether oxygens (including phenoxy) is 1. The Bertz CT molecular complexity index is 622. The molecule has 0 saturated heterocycles. The summed E-state index contributed by atoms with van der Waals surface area (Å²) in [6, 6.07) is 6.18. The number of ketones is 1. The number of rotatable bonds is 4. The van der Waals surface area contributed by atoms with Gasteiger partial charge in [0.15, 0.2) is 17.2 Å². The van der Waals surface area contributed by atoms with Gasteiger partial charge in [0, 0.05) is 12.0 Å². The molecule has 1 unspecified atom stereocenters. The first-order valence-electron chi connectivity index (χ1n) is 6.68. The average molecular weight is 278 g/mol. The van der Waals surface area contributed by atoms with Crippen LogP contribution in [0.2, 0.25) is 0 Å². The van der Waals surface area contributed by atoms with Crippen molar-refractivity contribution in [2.45, 2.75) is 33.8 Å². The average Bonchev–Trinajstić information content (AvgIpc) is 2.79. The summed E-state index contributed by atoms with van der Waals surface area (Å²) in [5.74, 6) is -0.585. The Morgan fingerprint density at radius 2 is 2.10 bits per heavy atom. The zero-order valence-electron chi connectivity index (χ0n) is 12.2. The lowest BCUT2D eigenvalue weighted by atomic mass is 9.85. The van der Waals surface area contributed by atoms with Crippen LogP contribution in [-0.2, 0) is 4.74 Å². The van der Waals surface area contributed by atoms with Crippen molar-refractivity contribution in [3.05, 3.63) is 35.8 Å². The molecule has 1 heterocycles. The molecule has 2 rings (SSSR count). The maximum atomic E-state index is 13.6. The van der Waals surface area contributed by atoms with Crippen LogP contribution in [0, 0.1) is 11.2 Å². The van der Waals surface area contributed by atoms with E-state index in [0.29, 0.717) is 12.0 Å². The van der Waals surface area contributed by atoms with Crippen molar-refractivity contribution in [2.75, 3.05) is 6.61 Å². The van der Waals surface area contributed by atoms with E-state index < -0.39 is 11.9 Å². The SMILES string of the molecule is CCOC(C(=O)c1cc2cccc(F)c2o1)C(C)(C)C. The van der Waals surface area contributed by atoms with E-state index >= 15 is 0 Å². The maximum Gasteiger partial charge on any atom is 0.227 e. The number of carbonyl (C=O) groups is 1. The molecule has 0 aliphatic heterocycles. The molecule has 3 nitrogen and oxygen atoms in total. The second-order valence-electron chi connectivity index (χ2n) is 5.83. The summed E-state index contributed by atoms with van der Waals surface area (Å²) in [6.45, 7) is 8.05. The number of hydrogen-bond acceptors (Lipinski definition) is 3. The molecule has 0 saturated carbocycles. The van der Waals surface area contributed by atoms with E-state index in [1.807, 2.05) is 27.7 Å². The van der Waals surface area contributed by atoms with Gasteiger partial charge in [-0.2, -0.15) is 0 Å². The van der Waals surface area contributed by atoms with E-state index in [2.05, 4.69) is 0 Å². The molecule has 0 spiro atoms. The normalized spacial score (nSPS) is 13.7. The lowest BCUT2D eigenvalue weighted by Gasteiger charge is -2.28. The standard InChI is InChI=1S/C16H19FO3/c1-5-19-15(16(2,3)4)13(18)12-9-10-7-6-8-11(17)14(10)20-12/h6-9,15H,5H2,1-4H3. The Kier molecular flexibility index (Phi) is 3.95. The van der Waals surface area contributed by atoms with Gasteiger partial charge in [-0.15, -0.1) is 0 Å². The number of carbonyl (C=O) groups excluding carboxylic acids is 1. The van der Waals surface area contributed by atoms with Crippen LogP contribution in [-0.4, -0.2) is 18.5 Å². The Balaban J connectivity index is 2.41. The smallest absolute Gasteiger partial charge is 0.227 e. The molecule has 0 amide bonds. The quantitative estimate of drug-likeness (QED) is 0.787. The second-order valence-corrected chi connectivity index (χ2v) is 5.83. The molecule has 2 aromatic rings. The van der Waals surface area contributed by atoms with Crippen molar-refractivity contribution in [1.29, 1.82) is 0 Å². The molecular formula is C16H19FO3. The molecule has 20 heavy (non-hydrogen) atoms. The van der Waals surface area contributed by atoms with Gasteiger partial charge >= 0.3 is 0 Å². The van der Waals surface area contributed by atoms with Crippen molar-refractivity contribution >= 4 is 16.8 Å². The highest BCUT2D eigenvalue weighted by molar-refractivity contribution is 6.00. The lowest BCUT2D eigenvalue weighted by molar-refractivity contribution is -0.00186. The molecule has 0 fully saturated rings. The first-order chi connectivity index (χ1) is 9.34. The molecule has 1 aromatic carbocycles. The molecule has 0 aliphatic rings. The summed E-state index contributed by atoms with van der Waals surface area (Å²) in [5.41, 5.74) is -0.245. The van der Waals surface area contributed by atoms with Gasteiger partial charge in [0.25, 0.3) is 0 Å². The number of fused-ring (bicyclic) bond motifs is 1. The zero-order valence-corrected chi connectivity index (χ0v) is 12.2. The summed E-state index contributed by atoms with van der Waals surface area (Å²) < 4.78 is 24.5. The van der Waals surface area contributed by atoms with Crippen molar-refractivity contribution in [2.24, 2.45) is 5.41 Å². The number of hydrogen-bond donors (Lipinski definition) is 0. The minimum Gasteiger partial charge on any atom is -0.450 e. The van der Waals surface area contributed by atoms with Gasteiger partial charge in [0.1, 0.15) is 6.10 Å². The third kappa shape index (κ3) is 2.75. The summed E-state index contributed by atoms with van der Waals surface area (Å²) in [4.78, 5) is 12.5. The molecule has 1 aromatic heterocycles. The monoisotopic (exact) mass is 278 g/mol. The summed E-state index contributed by atoms with van der Waals surface area (Å²) in [7, 11) is 0. The van der Waals surface area contributed by atoms with E-state index in [0.717, 1.165) is 0 Å². The summed E-state index contributed by atoms with van der Waals surface area (Å²) in [6.07, 6.45) is -0.615. The van der Waals surface area contributed by atoms with Gasteiger partial charge in [-0.1, -0.05) is 32.9 Å². The van der Waals surface area contributed by atoms with Crippen molar-refractivity contribution in [3.8, 4) is 0 Å². The van der Waals surface area contributed by atoms with Gasteiger partial charge in [-0.25, -0.2) is 4.39 Å². The fourth-order valence-corrected chi connectivity index (χ4v) is 2.16. The summed E-state index contributed by atoms with van der Waals surface area (Å²) in [5, 5.41) is 0.581. The fourth-order valence-electron chi connectivity index (χ4n) is 2.16. The maximum absolute atomic E-state index is 13.6. The molecule has 0 aliphatic carbocycles. The molecular weight excluding hydrogens is 259 g/mol. The Morgan fingerprint density at radius 1 is 1.40 bits per heavy atom. The van der Waals surface area contributed by atoms with Gasteiger partial charge in [-0.05, 0) is 24.5 Å². The van der Waals surface area contributed by atoms with Crippen molar-refractivity contribution in [1.82, 2.24) is 0 Å². The highest BCUT2D eigenvalue weighted by atomic mass is 19.1. The predicted octanol–water partition coefficient (Wildman–Crippen LogP) is 4.21. The minimum absolute atomic E-state index is 0.111. The van der Waals surface area contributed by atoms with Crippen LogP contribution in [0.1, 0.15) is 38.2 Å². The van der Waals surface area contributed by atoms with Gasteiger partial charge in [0.05, 0.1) is 0 Å². The molecule has 0 bridgehead atoms. The highest BCUT2D eigenvalue weighted by Crippen LogP contribution is 2.29. The van der Waals surface area contributed by atoms with E-state index in [1.54, 1.807) is 18.2 Å². The van der Waals surface area contributed by atoms with Crippen LogP contribution in [0.4, 0.5) is 4.39 Å². The van der Waals surface area contributed by atoms with Crippen LogP contribution < -0.4 is 0 Å². The zero-order chi connectivity index (χ0) is 14.9. The van der Waals surface area contributed by atoms with Gasteiger partial charge in [0.2, 0.25) is 5.78 Å². The number of Topliss-reactive ketones (excluding diaryl/α,β-unsaturated/α-hetero) is 1. The van der Waals surface area contributed by atoms with E-state index in [1.165, 1.54) is 6.07 Å². The molecule has 0 N–H and O–H groups in total. The van der Waals surface area contributed by atoms with E-state index in [4.69, 9.17) is 9.15 Å². The Labute approximate surface area is 117 Å². The second kappa shape index (κ2) is 5.37. The molecule has 4 heteroatoms. The van der Waals surface area contributed by atoms with Crippen molar-refractivity contribution in [3.63, 3.8) is 0 Å². The number of halogens is 1. The topological polar surface area (TPSA) is 39.4 Å². The number of furan rings is 1. The molecule has 0 radical (unpaired) electrons. The van der Waals surface area contributed by atoms with Crippen molar-refractivity contribution < 1.29 is 18.3 Å². The van der Waals surface area contributed by atoms with Gasteiger partial charge < -0.3 is 9.15 Å². The molecule has 1 atom stereocenters. The Hall–Kier alpha value is -1.68. The largest absolute Gasteiger partial charge is 0.450 e. The van der Waals surface area contributed by atoms with Crippen LogP contribution >= 0.6 is 0 Å². The first-order valence-corrected chi connectivity index (χ1v) is 6.68. The van der Waals surface area contributed by atoms with Gasteiger partial charge in [-0.3, -0.25) is 4.79 Å². The van der Waals surface area contributed by atoms with E-state index in [-0.39, 0.29) is 22.5 Å².